The van der Waals surface area contributed by atoms with E-state index in [4.69, 9.17) is 0 Å². The summed E-state index contributed by atoms with van der Waals surface area (Å²) in [4.78, 5) is 4.26. The van der Waals surface area contributed by atoms with Gasteiger partial charge in [-0.05, 0) is 6.92 Å². The number of aryl methyl sites for hydroxylation is 1. The van der Waals surface area contributed by atoms with Gasteiger partial charge in [0.1, 0.15) is 12.6 Å². The predicted molar refractivity (Wildman–Crippen MR) is 54.6 cm³/mol. The number of hydrogen-bond acceptors (Lipinski definition) is 2. The quantitative estimate of drug-likeness (QED) is 0.780. The molecule has 1 aromatic carbocycles. The van der Waals surface area contributed by atoms with E-state index in [1.165, 1.54) is 0 Å². The zero-order valence-corrected chi connectivity index (χ0v) is 8.01. The van der Waals surface area contributed by atoms with Crippen molar-refractivity contribution in [2.75, 3.05) is 0 Å². The summed E-state index contributed by atoms with van der Waals surface area (Å²) in [7, 11) is 0. The van der Waals surface area contributed by atoms with Gasteiger partial charge in [-0.1, -0.05) is 30.3 Å². The van der Waals surface area contributed by atoms with Gasteiger partial charge in [-0.3, -0.25) is 0 Å². The lowest BCUT2D eigenvalue weighted by atomic mass is 10.2. The lowest BCUT2D eigenvalue weighted by Gasteiger charge is -2.05. The molecule has 1 aromatic heterocycles. The van der Waals surface area contributed by atoms with Crippen LogP contribution in [0.5, 0.6) is 0 Å². The van der Waals surface area contributed by atoms with E-state index in [1.54, 1.807) is 10.8 Å². The van der Waals surface area contributed by atoms with Crippen molar-refractivity contribution in [3.8, 4) is 11.4 Å². The molecule has 1 N–H and O–H groups in total. The fourth-order valence-corrected chi connectivity index (χ4v) is 1.46. The van der Waals surface area contributed by atoms with E-state index >= 15 is 0 Å². The molecule has 0 atom stereocenters. The third-order valence-electron chi connectivity index (χ3n) is 2.23. The molecule has 0 saturated heterocycles. The van der Waals surface area contributed by atoms with E-state index in [2.05, 4.69) is 4.98 Å². The first-order valence-electron chi connectivity index (χ1n) is 4.51. The highest BCUT2D eigenvalue weighted by molar-refractivity contribution is 5.55. The first kappa shape index (κ1) is 8.97. The van der Waals surface area contributed by atoms with E-state index in [0.29, 0.717) is 0 Å². The second-order valence-electron chi connectivity index (χ2n) is 3.16. The average Bonchev–Trinajstić information content (AvgIpc) is 2.61. The fraction of sp³-hybridized carbons (Fsp3) is 0.182. The minimum atomic E-state index is -0.0317. The molecular weight excluding hydrogens is 176 g/mol. The fourth-order valence-electron chi connectivity index (χ4n) is 1.46. The summed E-state index contributed by atoms with van der Waals surface area (Å²) in [5.41, 5.74) is 1.99. The number of aliphatic hydroxyl groups is 1. The lowest BCUT2D eigenvalue weighted by Crippen LogP contribution is -2.01. The van der Waals surface area contributed by atoms with E-state index in [1.807, 2.05) is 37.3 Å². The molecular formula is C11H12N2O. The van der Waals surface area contributed by atoms with Crippen LogP contribution in [0.3, 0.4) is 0 Å². The molecule has 0 aliphatic rings. The number of benzene rings is 1. The largest absolute Gasteiger partial charge is 0.376 e. The minimum Gasteiger partial charge on any atom is -0.376 e. The monoisotopic (exact) mass is 188 g/mol. The Kier molecular flexibility index (Phi) is 2.33. The Hall–Kier alpha value is -1.61. The SMILES string of the molecule is Cc1cnc(-c2ccccc2)n1CO. The van der Waals surface area contributed by atoms with E-state index < -0.39 is 0 Å². The zero-order chi connectivity index (χ0) is 9.97. The first-order chi connectivity index (χ1) is 6.83. The molecule has 0 aliphatic carbocycles. The van der Waals surface area contributed by atoms with Crippen molar-refractivity contribution >= 4 is 0 Å². The summed E-state index contributed by atoms with van der Waals surface area (Å²) in [6, 6.07) is 9.84. The van der Waals surface area contributed by atoms with Crippen LogP contribution in [0.15, 0.2) is 36.5 Å². The number of aliphatic hydroxyl groups excluding tert-OH is 1. The Morgan fingerprint density at radius 3 is 2.64 bits per heavy atom. The molecule has 0 bridgehead atoms. The predicted octanol–water partition coefficient (Wildman–Crippen LogP) is 1.81. The average molecular weight is 188 g/mol. The van der Waals surface area contributed by atoms with Gasteiger partial charge in [-0.2, -0.15) is 0 Å². The summed E-state index contributed by atoms with van der Waals surface area (Å²) in [5, 5.41) is 9.17. The maximum Gasteiger partial charge on any atom is 0.141 e. The van der Waals surface area contributed by atoms with Crippen LogP contribution >= 0.6 is 0 Å². The van der Waals surface area contributed by atoms with Crippen LogP contribution in [0, 0.1) is 6.92 Å². The summed E-state index contributed by atoms with van der Waals surface area (Å²) in [6.45, 7) is 1.89. The van der Waals surface area contributed by atoms with Crippen LogP contribution in [0.2, 0.25) is 0 Å². The van der Waals surface area contributed by atoms with Gasteiger partial charge in [0.05, 0.1) is 0 Å². The Labute approximate surface area is 82.7 Å². The Morgan fingerprint density at radius 2 is 2.00 bits per heavy atom. The number of imidazole rings is 1. The van der Waals surface area contributed by atoms with Gasteiger partial charge >= 0.3 is 0 Å². The second-order valence-corrected chi connectivity index (χ2v) is 3.16. The topological polar surface area (TPSA) is 38.0 Å². The molecule has 2 aromatic rings. The maximum atomic E-state index is 9.17. The molecule has 3 heteroatoms. The van der Waals surface area contributed by atoms with Crippen molar-refractivity contribution in [1.29, 1.82) is 0 Å². The van der Waals surface area contributed by atoms with Crippen LogP contribution < -0.4 is 0 Å². The van der Waals surface area contributed by atoms with Gasteiger partial charge in [0.15, 0.2) is 0 Å². The molecule has 1 heterocycles. The molecule has 0 radical (unpaired) electrons. The summed E-state index contributed by atoms with van der Waals surface area (Å²) < 4.78 is 1.77. The first-order valence-corrected chi connectivity index (χ1v) is 4.51. The van der Waals surface area contributed by atoms with Crippen molar-refractivity contribution < 1.29 is 5.11 Å². The highest BCUT2D eigenvalue weighted by Crippen LogP contribution is 2.18. The van der Waals surface area contributed by atoms with Crippen molar-refractivity contribution in [3.05, 3.63) is 42.2 Å². The standard InChI is InChI=1S/C11H12N2O/c1-9-7-12-11(13(9)8-14)10-5-3-2-4-6-10/h2-7,14H,8H2,1H3. The van der Waals surface area contributed by atoms with Gasteiger partial charge < -0.3 is 9.67 Å². The third kappa shape index (κ3) is 1.42. The van der Waals surface area contributed by atoms with Crippen LogP contribution in [-0.4, -0.2) is 14.7 Å². The van der Waals surface area contributed by atoms with E-state index in [0.717, 1.165) is 17.1 Å². The van der Waals surface area contributed by atoms with Gasteiger partial charge in [0, 0.05) is 17.5 Å². The zero-order valence-electron chi connectivity index (χ0n) is 8.01. The van der Waals surface area contributed by atoms with Crippen LogP contribution in [0.1, 0.15) is 5.69 Å². The molecule has 3 nitrogen and oxygen atoms in total. The summed E-state index contributed by atoms with van der Waals surface area (Å²) in [5.74, 6) is 0.811. The highest BCUT2D eigenvalue weighted by atomic mass is 16.3. The molecule has 14 heavy (non-hydrogen) atoms. The number of hydrogen-bond donors (Lipinski definition) is 1. The molecule has 0 amide bonds. The van der Waals surface area contributed by atoms with Crippen molar-refractivity contribution in [1.82, 2.24) is 9.55 Å². The smallest absolute Gasteiger partial charge is 0.141 e. The normalized spacial score (nSPS) is 10.4. The Balaban J connectivity index is 2.52. The molecule has 72 valence electrons. The molecule has 0 saturated carbocycles. The lowest BCUT2D eigenvalue weighted by molar-refractivity contribution is 0.210. The molecule has 0 unspecified atom stereocenters. The van der Waals surface area contributed by atoms with Crippen molar-refractivity contribution in [2.24, 2.45) is 0 Å². The molecule has 2 rings (SSSR count). The summed E-state index contributed by atoms with van der Waals surface area (Å²) >= 11 is 0. The van der Waals surface area contributed by atoms with Gasteiger partial charge in [0.25, 0.3) is 0 Å². The van der Waals surface area contributed by atoms with Crippen molar-refractivity contribution in [3.63, 3.8) is 0 Å². The Morgan fingerprint density at radius 1 is 1.29 bits per heavy atom. The van der Waals surface area contributed by atoms with Crippen LogP contribution in [0.4, 0.5) is 0 Å². The van der Waals surface area contributed by atoms with Gasteiger partial charge in [-0.25, -0.2) is 4.98 Å². The molecule has 0 spiro atoms. The minimum absolute atomic E-state index is 0.0317. The molecule has 0 aliphatic heterocycles. The molecule has 0 fully saturated rings. The van der Waals surface area contributed by atoms with E-state index in [9.17, 15) is 5.11 Å². The highest BCUT2D eigenvalue weighted by Gasteiger charge is 2.06. The number of nitrogens with zero attached hydrogens (tertiary/aromatic N) is 2. The van der Waals surface area contributed by atoms with Gasteiger partial charge in [0.2, 0.25) is 0 Å². The third-order valence-corrected chi connectivity index (χ3v) is 2.23. The van der Waals surface area contributed by atoms with Gasteiger partial charge in [-0.15, -0.1) is 0 Å². The maximum absolute atomic E-state index is 9.17. The Bertz CT molecular complexity index is 420. The van der Waals surface area contributed by atoms with E-state index in [-0.39, 0.29) is 6.73 Å². The summed E-state index contributed by atoms with van der Waals surface area (Å²) in [6.07, 6.45) is 1.76. The number of rotatable bonds is 2. The van der Waals surface area contributed by atoms with Crippen molar-refractivity contribution in [2.45, 2.75) is 13.7 Å². The number of aromatic nitrogens is 2. The van der Waals surface area contributed by atoms with Crippen LogP contribution in [0.25, 0.3) is 11.4 Å². The second kappa shape index (κ2) is 3.64. The van der Waals surface area contributed by atoms with Crippen LogP contribution in [-0.2, 0) is 6.73 Å².